The predicted molar refractivity (Wildman–Crippen MR) is 52.0 cm³/mol. The van der Waals surface area contributed by atoms with Crippen LogP contribution in [0.15, 0.2) is 35.4 Å². The van der Waals surface area contributed by atoms with E-state index < -0.39 is 5.97 Å². The Morgan fingerprint density at radius 2 is 2.14 bits per heavy atom. The maximum Gasteiger partial charge on any atom is 0.352 e. The van der Waals surface area contributed by atoms with Gasteiger partial charge in [0.1, 0.15) is 5.71 Å². The zero-order valence-corrected chi connectivity index (χ0v) is 7.47. The van der Waals surface area contributed by atoms with Gasteiger partial charge < -0.3 is 10.5 Å². The normalized spacial score (nSPS) is 20.0. The lowest BCUT2D eigenvalue weighted by Gasteiger charge is -2.08. The molecule has 1 aromatic rings. The van der Waals surface area contributed by atoms with Crippen LogP contribution in [0.5, 0.6) is 0 Å². The Bertz CT molecular complexity index is 373. The number of hydrogen-bond donors (Lipinski definition) is 2. The summed E-state index contributed by atoms with van der Waals surface area (Å²) in [6.07, 6.45) is 0.444. The van der Waals surface area contributed by atoms with Gasteiger partial charge in [0.05, 0.1) is 6.04 Å². The molecule has 0 spiro atoms. The molecule has 0 bridgehead atoms. The molecule has 0 aromatic heterocycles. The van der Waals surface area contributed by atoms with Crippen molar-refractivity contribution >= 4 is 11.7 Å². The highest BCUT2D eigenvalue weighted by Gasteiger charge is 2.23. The molecule has 0 amide bonds. The Hall–Kier alpha value is -1.84. The first-order chi connectivity index (χ1) is 6.77. The van der Waals surface area contributed by atoms with Gasteiger partial charge in [-0.2, -0.15) is 5.10 Å². The average molecular weight is 190 g/mol. The van der Waals surface area contributed by atoms with Gasteiger partial charge in [-0.3, -0.25) is 0 Å². The van der Waals surface area contributed by atoms with E-state index in [1.54, 1.807) is 0 Å². The maximum absolute atomic E-state index is 10.6. The van der Waals surface area contributed by atoms with E-state index in [9.17, 15) is 4.79 Å². The molecular formula is C10H10N2O2. The summed E-state index contributed by atoms with van der Waals surface area (Å²) in [5.74, 6) is -0.948. The number of aliphatic carboxylic acids is 1. The molecule has 0 saturated heterocycles. The van der Waals surface area contributed by atoms with Crippen molar-refractivity contribution in [1.29, 1.82) is 0 Å². The summed E-state index contributed by atoms with van der Waals surface area (Å²) in [7, 11) is 0. The minimum absolute atomic E-state index is 0.00213. The van der Waals surface area contributed by atoms with Gasteiger partial charge in [0.15, 0.2) is 0 Å². The van der Waals surface area contributed by atoms with Gasteiger partial charge in [-0.15, -0.1) is 0 Å². The van der Waals surface area contributed by atoms with Gasteiger partial charge in [-0.1, -0.05) is 30.3 Å². The number of carboxylic acid groups (broad SMARTS) is 1. The second-order valence-corrected chi connectivity index (χ2v) is 3.16. The Kier molecular flexibility index (Phi) is 2.18. The number of benzene rings is 1. The van der Waals surface area contributed by atoms with E-state index in [1.165, 1.54) is 0 Å². The molecule has 1 atom stereocenters. The topological polar surface area (TPSA) is 61.7 Å². The van der Waals surface area contributed by atoms with Gasteiger partial charge in [0.2, 0.25) is 0 Å². The molecule has 1 heterocycles. The van der Waals surface area contributed by atoms with E-state index in [1.807, 2.05) is 30.3 Å². The van der Waals surface area contributed by atoms with Gasteiger partial charge in [-0.05, 0) is 5.56 Å². The highest BCUT2D eigenvalue weighted by Crippen LogP contribution is 2.20. The first-order valence-electron chi connectivity index (χ1n) is 4.37. The summed E-state index contributed by atoms with van der Waals surface area (Å²) >= 11 is 0. The van der Waals surface area contributed by atoms with Gasteiger partial charge in [-0.25, -0.2) is 4.79 Å². The number of rotatable bonds is 2. The van der Waals surface area contributed by atoms with Crippen LogP contribution in [-0.4, -0.2) is 16.8 Å². The Balaban J connectivity index is 2.10. The van der Waals surface area contributed by atoms with E-state index in [0.29, 0.717) is 6.42 Å². The number of carbonyl (C=O) groups is 1. The number of hydrogen-bond acceptors (Lipinski definition) is 3. The van der Waals surface area contributed by atoms with Crippen molar-refractivity contribution in [2.24, 2.45) is 5.10 Å². The third-order valence-electron chi connectivity index (χ3n) is 2.20. The van der Waals surface area contributed by atoms with Gasteiger partial charge in [0, 0.05) is 6.42 Å². The van der Waals surface area contributed by atoms with Crippen molar-refractivity contribution < 1.29 is 9.90 Å². The third kappa shape index (κ3) is 1.59. The summed E-state index contributed by atoms with van der Waals surface area (Å²) in [4.78, 5) is 10.6. The highest BCUT2D eigenvalue weighted by molar-refractivity contribution is 6.36. The smallest absolute Gasteiger partial charge is 0.352 e. The van der Waals surface area contributed by atoms with Crippen molar-refractivity contribution in [1.82, 2.24) is 5.43 Å². The van der Waals surface area contributed by atoms with Gasteiger partial charge in [0.25, 0.3) is 0 Å². The Morgan fingerprint density at radius 1 is 1.43 bits per heavy atom. The minimum Gasteiger partial charge on any atom is -0.477 e. The van der Waals surface area contributed by atoms with Gasteiger partial charge >= 0.3 is 5.97 Å². The molecule has 2 N–H and O–H groups in total. The van der Waals surface area contributed by atoms with Crippen molar-refractivity contribution in [3.8, 4) is 0 Å². The van der Waals surface area contributed by atoms with Crippen LogP contribution in [0.2, 0.25) is 0 Å². The molecular weight excluding hydrogens is 180 g/mol. The lowest BCUT2D eigenvalue weighted by Crippen LogP contribution is -2.12. The first-order valence-corrected chi connectivity index (χ1v) is 4.37. The molecule has 1 aliphatic rings. The number of nitrogens with zero attached hydrogens (tertiary/aromatic N) is 1. The summed E-state index contributed by atoms with van der Waals surface area (Å²) in [5.41, 5.74) is 4.07. The molecule has 0 radical (unpaired) electrons. The maximum atomic E-state index is 10.6. The van der Waals surface area contributed by atoms with Crippen molar-refractivity contribution in [3.05, 3.63) is 35.9 Å². The molecule has 4 heteroatoms. The SMILES string of the molecule is O=C(O)C1=NNC(c2ccccc2)C1. The molecule has 1 unspecified atom stereocenters. The second-order valence-electron chi connectivity index (χ2n) is 3.16. The molecule has 0 saturated carbocycles. The van der Waals surface area contributed by atoms with E-state index >= 15 is 0 Å². The first kappa shape index (κ1) is 8.74. The molecule has 14 heavy (non-hydrogen) atoms. The van der Waals surface area contributed by atoms with Crippen LogP contribution >= 0.6 is 0 Å². The van der Waals surface area contributed by atoms with Crippen LogP contribution in [0.4, 0.5) is 0 Å². The lowest BCUT2D eigenvalue weighted by molar-refractivity contribution is -0.129. The van der Waals surface area contributed by atoms with Crippen LogP contribution in [0.25, 0.3) is 0 Å². The Labute approximate surface area is 81.3 Å². The number of nitrogens with one attached hydrogen (secondary N) is 1. The highest BCUT2D eigenvalue weighted by atomic mass is 16.4. The zero-order valence-electron chi connectivity index (χ0n) is 7.47. The second kappa shape index (κ2) is 3.49. The van der Waals surface area contributed by atoms with Crippen LogP contribution < -0.4 is 5.43 Å². The van der Waals surface area contributed by atoms with E-state index in [0.717, 1.165) is 5.56 Å². The molecule has 4 nitrogen and oxygen atoms in total. The summed E-state index contributed by atoms with van der Waals surface area (Å²) in [6, 6.07) is 9.70. The summed E-state index contributed by atoms with van der Waals surface area (Å²) in [5, 5.41) is 12.5. The quantitative estimate of drug-likeness (QED) is 0.735. The summed E-state index contributed by atoms with van der Waals surface area (Å²) < 4.78 is 0. The third-order valence-corrected chi connectivity index (χ3v) is 2.20. The lowest BCUT2D eigenvalue weighted by atomic mass is 10.0. The van der Waals surface area contributed by atoms with E-state index in [2.05, 4.69) is 10.5 Å². The molecule has 1 aliphatic heterocycles. The number of carboxylic acids is 1. The zero-order chi connectivity index (χ0) is 9.97. The Morgan fingerprint density at radius 3 is 2.71 bits per heavy atom. The van der Waals surface area contributed by atoms with Crippen LogP contribution in [0, 0.1) is 0 Å². The van der Waals surface area contributed by atoms with Crippen LogP contribution in [-0.2, 0) is 4.79 Å². The number of hydrazone groups is 1. The fourth-order valence-electron chi connectivity index (χ4n) is 1.45. The molecule has 1 aromatic carbocycles. The minimum atomic E-state index is -0.948. The van der Waals surface area contributed by atoms with Crippen molar-refractivity contribution in [3.63, 3.8) is 0 Å². The van der Waals surface area contributed by atoms with Crippen molar-refractivity contribution in [2.45, 2.75) is 12.5 Å². The molecule has 0 aliphatic carbocycles. The standard InChI is InChI=1S/C10H10N2O2/c13-10(14)9-6-8(11-12-9)7-4-2-1-3-5-7/h1-5,8,11H,6H2,(H,13,14). The summed E-state index contributed by atoms with van der Waals surface area (Å²) in [6.45, 7) is 0. The average Bonchev–Trinajstić information content (AvgIpc) is 2.68. The fraction of sp³-hybridized carbons (Fsp3) is 0.200. The van der Waals surface area contributed by atoms with E-state index in [4.69, 9.17) is 5.11 Å². The molecule has 72 valence electrons. The fourth-order valence-corrected chi connectivity index (χ4v) is 1.45. The monoisotopic (exact) mass is 190 g/mol. The molecule has 2 rings (SSSR count). The predicted octanol–water partition coefficient (Wildman–Crippen LogP) is 1.16. The van der Waals surface area contributed by atoms with Crippen molar-refractivity contribution in [2.75, 3.05) is 0 Å². The van der Waals surface area contributed by atoms with Crippen LogP contribution in [0.3, 0.4) is 0 Å². The van der Waals surface area contributed by atoms with E-state index in [-0.39, 0.29) is 11.8 Å². The largest absolute Gasteiger partial charge is 0.477 e. The van der Waals surface area contributed by atoms with Crippen LogP contribution in [0.1, 0.15) is 18.0 Å². The molecule has 0 fully saturated rings.